The highest BCUT2D eigenvalue weighted by molar-refractivity contribution is 6.38. The molecule has 1 heterocycles. The SMILES string of the molecule is CCc1ccccc1N1C(=O)[C@@H]2[C@H](C1=O)C1(Cl)c3ccccc3C2(Cl)c2ccccc21. The zero-order valence-corrected chi connectivity index (χ0v) is 18.3. The van der Waals surface area contributed by atoms with Crippen molar-refractivity contribution in [2.24, 2.45) is 11.8 Å². The average molecular weight is 448 g/mol. The highest BCUT2D eigenvalue weighted by Crippen LogP contribution is 2.69. The predicted molar refractivity (Wildman–Crippen MR) is 121 cm³/mol. The zero-order valence-electron chi connectivity index (χ0n) is 16.8. The summed E-state index contributed by atoms with van der Waals surface area (Å²) in [7, 11) is 0. The fourth-order valence-corrected chi connectivity index (χ4v) is 7.03. The first-order valence-corrected chi connectivity index (χ1v) is 11.2. The molecule has 0 N–H and O–H groups in total. The lowest BCUT2D eigenvalue weighted by atomic mass is 9.54. The van der Waals surface area contributed by atoms with Crippen LogP contribution < -0.4 is 4.90 Å². The van der Waals surface area contributed by atoms with Crippen LogP contribution in [0.2, 0.25) is 0 Å². The van der Waals surface area contributed by atoms with Crippen molar-refractivity contribution in [3.63, 3.8) is 0 Å². The predicted octanol–water partition coefficient (Wildman–Crippen LogP) is 5.35. The molecule has 7 rings (SSSR count). The Labute approximate surface area is 190 Å². The Morgan fingerprint density at radius 3 is 1.52 bits per heavy atom. The molecule has 0 radical (unpaired) electrons. The van der Waals surface area contributed by atoms with Crippen molar-refractivity contribution in [1.29, 1.82) is 0 Å². The first-order chi connectivity index (χ1) is 15.0. The van der Waals surface area contributed by atoms with Crippen molar-refractivity contribution in [3.8, 4) is 0 Å². The van der Waals surface area contributed by atoms with E-state index in [1.807, 2.05) is 79.7 Å². The third kappa shape index (κ3) is 2.07. The van der Waals surface area contributed by atoms with E-state index in [0.29, 0.717) is 12.1 Å². The molecule has 4 aliphatic rings. The number of hydrogen-bond acceptors (Lipinski definition) is 2. The van der Waals surface area contributed by atoms with E-state index in [1.165, 1.54) is 4.90 Å². The van der Waals surface area contributed by atoms with Crippen molar-refractivity contribution in [2.45, 2.75) is 23.1 Å². The lowest BCUT2D eigenvalue weighted by Gasteiger charge is -2.54. The molecule has 3 aromatic rings. The highest BCUT2D eigenvalue weighted by atomic mass is 35.5. The quantitative estimate of drug-likeness (QED) is 0.392. The molecule has 154 valence electrons. The van der Waals surface area contributed by atoms with Crippen molar-refractivity contribution >= 4 is 40.7 Å². The number of rotatable bonds is 2. The zero-order chi connectivity index (χ0) is 21.5. The number of carbonyl (C=O) groups is 2. The maximum atomic E-state index is 13.9. The number of carbonyl (C=O) groups excluding carboxylic acids is 2. The number of halogens is 2. The van der Waals surface area contributed by atoms with Crippen LogP contribution in [-0.4, -0.2) is 11.8 Å². The molecule has 3 nitrogen and oxygen atoms in total. The molecule has 1 fully saturated rings. The Hall–Kier alpha value is -2.62. The Morgan fingerprint density at radius 1 is 0.710 bits per heavy atom. The largest absolute Gasteiger partial charge is 0.274 e. The van der Waals surface area contributed by atoms with Gasteiger partial charge in [0, 0.05) is 0 Å². The second-order valence-electron chi connectivity index (χ2n) is 8.46. The third-order valence-corrected chi connectivity index (χ3v) is 8.48. The number of alkyl halides is 2. The summed E-state index contributed by atoms with van der Waals surface area (Å²) in [6, 6.07) is 22.9. The number of para-hydroxylation sites is 1. The van der Waals surface area contributed by atoms with Crippen LogP contribution in [0, 0.1) is 11.8 Å². The normalized spacial score (nSPS) is 30.2. The van der Waals surface area contributed by atoms with Gasteiger partial charge in [0.2, 0.25) is 11.8 Å². The first-order valence-electron chi connectivity index (χ1n) is 10.5. The maximum absolute atomic E-state index is 13.9. The van der Waals surface area contributed by atoms with Crippen LogP contribution in [0.1, 0.15) is 34.7 Å². The summed E-state index contributed by atoms with van der Waals surface area (Å²) < 4.78 is 0. The second kappa shape index (κ2) is 6.21. The van der Waals surface area contributed by atoms with E-state index in [2.05, 4.69) is 0 Å². The van der Waals surface area contributed by atoms with Crippen LogP contribution in [0.3, 0.4) is 0 Å². The number of imide groups is 1. The summed E-state index contributed by atoms with van der Waals surface area (Å²) in [6.45, 7) is 2.01. The van der Waals surface area contributed by atoms with Gasteiger partial charge in [-0.05, 0) is 40.3 Å². The molecule has 0 saturated carbocycles. The molecule has 0 aromatic heterocycles. The van der Waals surface area contributed by atoms with Gasteiger partial charge in [-0.1, -0.05) is 73.7 Å². The van der Waals surface area contributed by atoms with E-state index in [0.717, 1.165) is 27.8 Å². The molecule has 2 bridgehead atoms. The smallest absolute Gasteiger partial charge is 0.240 e. The fraction of sp³-hybridized carbons (Fsp3) is 0.231. The number of benzene rings is 3. The van der Waals surface area contributed by atoms with Crippen molar-refractivity contribution < 1.29 is 9.59 Å². The molecule has 2 atom stereocenters. The van der Waals surface area contributed by atoms with E-state index in [1.54, 1.807) is 0 Å². The van der Waals surface area contributed by atoms with Crippen molar-refractivity contribution in [3.05, 3.63) is 101 Å². The molecule has 31 heavy (non-hydrogen) atoms. The maximum Gasteiger partial charge on any atom is 0.240 e. The topological polar surface area (TPSA) is 37.4 Å². The van der Waals surface area contributed by atoms with Crippen LogP contribution >= 0.6 is 23.2 Å². The monoisotopic (exact) mass is 447 g/mol. The summed E-state index contributed by atoms with van der Waals surface area (Å²) in [6.07, 6.45) is 0.709. The van der Waals surface area contributed by atoms with Crippen LogP contribution in [0.5, 0.6) is 0 Å². The Balaban J connectivity index is 1.66. The number of aryl methyl sites for hydroxylation is 1. The second-order valence-corrected chi connectivity index (χ2v) is 9.66. The highest BCUT2D eigenvalue weighted by Gasteiger charge is 2.73. The molecule has 5 heteroatoms. The molecule has 1 saturated heterocycles. The Bertz CT molecular complexity index is 1160. The van der Waals surface area contributed by atoms with Crippen molar-refractivity contribution in [2.75, 3.05) is 4.90 Å². The van der Waals surface area contributed by atoms with Crippen LogP contribution in [0.25, 0.3) is 0 Å². The molecule has 3 aromatic carbocycles. The molecule has 0 spiro atoms. The van der Waals surface area contributed by atoms with E-state index in [4.69, 9.17) is 23.2 Å². The van der Waals surface area contributed by atoms with Gasteiger partial charge in [0.15, 0.2) is 0 Å². The van der Waals surface area contributed by atoms with Crippen molar-refractivity contribution in [1.82, 2.24) is 0 Å². The summed E-state index contributed by atoms with van der Waals surface area (Å²) in [4.78, 5) is 26.9. The number of amides is 2. The summed E-state index contributed by atoms with van der Waals surface area (Å²) in [5, 5.41) is 0. The van der Waals surface area contributed by atoms with Gasteiger partial charge in [0.25, 0.3) is 0 Å². The minimum atomic E-state index is -1.14. The van der Waals surface area contributed by atoms with E-state index in [-0.39, 0.29) is 11.8 Å². The molecular weight excluding hydrogens is 429 g/mol. The molecular formula is C26H19Cl2NO2. The van der Waals surface area contributed by atoms with Gasteiger partial charge in [-0.2, -0.15) is 0 Å². The summed E-state index contributed by atoms with van der Waals surface area (Å²) in [5.41, 5.74) is 4.84. The first kappa shape index (κ1) is 19.1. The Kier molecular flexibility index (Phi) is 3.83. The van der Waals surface area contributed by atoms with Gasteiger partial charge < -0.3 is 0 Å². The molecule has 0 unspecified atom stereocenters. The van der Waals surface area contributed by atoms with Crippen LogP contribution in [0.15, 0.2) is 72.8 Å². The minimum Gasteiger partial charge on any atom is -0.274 e. The summed E-state index contributed by atoms with van der Waals surface area (Å²) >= 11 is 14.9. The van der Waals surface area contributed by atoms with Crippen LogP contribution in [-0.2, 0) is 25.8 Å². The number of hydrogen-bond donors (Lipinski definition) is 0. The minimum absolute atomic E-state index is 0.278. The molecule has 1 aliphatic heterocycles. The third-order valence-electron chi connectivity index (χ3n) is 7.20. The fourth-order valence-electron chi connectivity index (χ4n) is 5.93. The van der Waals surface area contributed by atoms with Gasteiger partial charge >= 0.3 is 0 Å². The van der Waals surface area contributed by atoms with Gasteiger partial charge in [0.1, 0.15) is 9.75 Å². The van der Waals surface area contributed by atoms with Gasteiger partial charge in [-0.15, -0.1) is 23.2 Å². The van der Waals surface area contributed by atoms with E-state index < -0.39 is 21.6 Å². The summed E-state index contributed by atoms with van der Waals surface area (Å²) in [5.74, 6) is -2.09. The van der Waals surface area contributed by atoms with Crippen LogP contribution in [0.4, 0.5) is 5.69 Å². The molecule has 3 aliphatic carbocycles. The van der Waals surface area contributed by atoms with Gasteiger partial charge in [-0.3, -0.25) is 9.59 Å². The number of nitrogens with zero attached hydrogens (tertiary/aromatic N) is 1. The standard InChI is InChI=1S/C26H19Cl2NO2/c1-2-15-9-3-8-14-20(15)29-23(30)21-22(24(29)31)26(28)17-11-5-4-10-16(17)25(21,27)18-12-6-7-13-19(18)26/h3-14,21-22H,2H2,1H3/t21-,22+,25?,26?. The van der Waals surface area contributed by atoms with E-state index >= 15 is 0 Å². The lowest BCUT2D eigenvalue weighted by Crippen LogP contribution is -2.57. The Morgan fingerprint density at radius 2 is 1.10 bits per heavy atom. The number of anilines is 1. The van der Waals surface area contributed by atoms with E-state index in [9.17, 15) is 9.59 Å². The molecule has 2 amide bonds. The lowest BCUT2D eigenvalue weighted by molar-refractivity contribution is -0.122. The average Bonchev–Trinajstić information content (AvgIpc) is 3.08. The van der Waals surface area contributed by atoms with Gasteiger partial charge in [-0.25, -0.2) is 4.90 Å². The van der Waals surface area contributed by atoms with Gasteiger partial charge in [0.05, 0.1) is 17.5 Å².